The van der Waals surface area contributed by atoms with E-state index in [1.807, 2.05) is 37.3 Å². The highest BCUT2D eigenvalue weighted by Gasteiger charge is 2.13. The van der Waals surface area contributed by atoms with Gasteiger partial charge in [0.2, 0.25) is 0 Å². The molecule has 0 aliphatic carbocycles. The van der Waals surface area contributed by atoms with E-state index in [1.165, 1.54) is 0 Å². The summed E-state index contributed by atoms with van der Waals surface area (Å²) in [7, 11) is 0. The van der Waals surface area contributed by atoms with Crippen LogP contribution in [-0.4, -0.2) is 12.5 Å². The number of nitrogens with one attached hydrogen (secondary N) is 1. The van der Waals surface area contributed by atoms with Gasteiger partial charge in [0, 0.05) is 10.7 Å². The number of hydrogen-bond donors (Lipinski definition) is 1. The molecule has 0 heterocycles. The molecule has 0 spiro atoms. The van der Waals surface area contributed by atoms with Crippen molar-refractivity contribution in [3.63, 3.8) is 0 Å². The lowest BCUT2D eigenvalue weighted by molar-refractivity contribution is 0.102. The minimum atomic E-state index is -0.193. The van der Waals surface area contributed by atoms with E-state index in [0.717, 1.165) is 24.8 Å². The van der Waals surface area contributed by atoms with Crippen LogP contribution in [0.3, 0.4) is 0 Å². The van der Waals surface area contributed by atoms with Gasteiger partial charge >= 0.3 is 0 Å². The molecule has 1 N–H and O–H groups in total. The van der Waals surface area contributed by atoms with Crippen LogP contribution in [0.1, 0.15) is 42.1 Å². The number of unbranched alkanes of at least 4 members (excludes halogenated alkanes) is 2. The van der Waals surface area contributed by atoms with Crippen molar-refractivity contribution < 1.29 is 9.53 Å². The van der Waals surface area contributed by atoms with Crippen molar-refractivity contribution in [3.05, 3.63) is 58.6 Å². The Labute approximate surface area is 142 Å². The van der Waals surface area contributed by atoms with Crippen LogP contribution in [0.15, 0.2) is 42.5 Å². The topological polar surface area (TPSA) is 38.3 Å². The Balaban J connectivity index is 2.11. The highest BCUT2D eigenvalue weighted by molar-refractivity contribution is 6.31. The largest absolute Gasteiger partial charge is 0.493 e. The second-order valence-electron chi connectivity index (χ2n) is 5.42. The number of halogens is 1. The summed E-state index contributed by atoms with van der Waals surface area (Å²) in [6, 6.07) is 12.8. The van der Waals surface area contributed by atoms with Gasteiger partial charge in [0.15, 0.2) is 0 Å². The van der Waals surface area contributed by atoms with Gasteiger partial charge in [-0.3, -0.25) is 4.79 Å². The monoisotopic (exact) mass is 331 g/mol. The van der Waals surface area contributed by atoms with E-state index in [2.05, 4.69) is 12.2 Å². The Kier molecular flexibility index (Phi) is 6.48. The number of hydrogen-bond acceptors (Lipinski definition) is 2. The van der Waals surface area contributed by atoms with Crippen LogP contribution in [0, 0.1) is 6.92 Å². The van der Waals surface area contributed by atoms with Gasteiger partial charge in [0.1, 0.15) is 5.75 Å². The average Bonchev–Trinajstić information content (AvgIpc) is 2.56. The first-order valence-electron chi connectivity index (χ1n) is 7.91. The van der Waals surface area contributed by atoms with E-state index in [9.17, 15) is 4.79 Å². The molecule has 0 unspecified atom stereocenters. The third-order valence-electron chi connectivity index (χ3n) is 3.65. The molecule has 3 nitrogen and oxygen atoms in total. The first-order valence-corrected chi connectivity index (χ1v) is 8.29. The Hall–Kier alpha value is -2.00. The Morgan fingerprint density at radius 2 is 1.91 bits per heavy atom. The minimum absolute atomic E-state index is 0.193. The Bertz CT molecular complexity index is 670. The maximum absolute atomic E-state index is 12.6. The van der Waals surface area contributed by atoms with Crippen molar-refractivity contribution >= 4 is 23.2 Å². The smallest absolute Gasteiger partial charge is 0.259 e. The van der Waals surface area contributed by atoms with Gasteiger partial charge in [-0.05, 0) is 43.2 Å². The fourth-order valence-corrected chi connectivity index (χ4v) is 2.42. The van der Waals surface area contributed by atoms with Gasteiger partial charge in [-0.2, -0.15) is 0 Å². The van der Waals surface area contributed by atoms with Gasteiger partial charge in [-0.15, -0.1) is 0 Å². The molecule has 2 aromatic carbocycles. The lowest BCUT2D eigenvalue weighted by Gasteiger charge is -2.13. The van der Waals surface area contributed by atoms with E-state index in [-0.39, 0.29) is 5.91 Å². The normalized spacial score (nSPS) is 10.4. The lowest BCUT2D eigenvalue weighted by Crippen LogP contribution is -2.14. The van der Waals surface area contributed by atoms with Gasteiger partial charge in [0.05, 0.1) is 12.2 Å². The maximum atomic E-state index is 12.6. The summed E-state index contributed by atoms with van der Waals surface area (Å²) in [5.41, 5.74) is 2.09. The number of benzene rings is 2. The SMILES string of the molecule is CCCCCOc1ccccc1C(=O)Nc1cccc(Cl)c1C. The second kappa shape index (κ2) is 8.59. The number of anilines is 1. The highest BCUT2D eigenvalue weighted by Crippen LogP contribution is 2.25. The number of rotatable bonds is 7. The summed E-state index contributed by atoms with van der Waals surface area (Å²) >= 11 is 6.10. The van der Waals surface area contributed by atoms with Crippen molar-refractivity contribution in [2.45, 2.75) is 33.1 Å². The van der Waals surface area contributed by atoms with Crippen molar-refractivity contribution in [1.82, 2.24) is 0 Å². The summed E-state index contributed by atoms with van der Waals surface area (Å²) in [6.45, 7) is 4.65. The molecule has 0 saturated carbocycles. The average molecular weight is 332 g/mol. The van der Waals surface area contributed by atoms with E-state index in [0.29, 0.717) is 28.6 Å². The molecule has 2 aromatic rings. The first-order chi connectivity index (χ1) is 11.1. The lowest BCUT2D eigenvalue weighted by atomic mass is 10.1. The molecule has 0 aromatic heterocycles. The molecule has 0 bridgehead atoms. The zero-order chi connectivity index (χ0) is 16.7. The summed E-state index contributed by atoms with van der Waals surface area (Å²) in [5.74, 6) is 0.419. The van der Waals surface area contributed by atoms with Gasteiger partial charge in [-0.25, -0.2) is 0 Å². The van der Waals surface area contributed by atoms with Crippen LogP contribution >= 0.6 is 11.6 Å². The highest BCUT2D eigenvalue weighted by atomic mass is 35.5. The maximum Gasteiger partial charge on any atom is 0.259 e. The molecule has 0 radical (unpaired) electrons. The van der Waals surface area contributed by atoms with Crippen LogP contribution in [0.25, 0.3) is 0 Å². The summed E-state index contributed by atoms with van der Waals surface area (Å²) in [6.07, 6.45) is 3.25. The number of ether oxygens (including phenoxy) is 1. The number of para-hydroxylation sites is 1. The molecule has 0 aliphatic rings. The Morgan fingerprint density at radius 1 is 1.13 bits per heavy atom. The van der Waals surface area contributed by atoms with Gasteiger partial charge in [0.25, 0.3) is 5.91 Å². The molecule has 0 aliphatic heterocycles. The zero-order valence-corrected chi connectivity index (χ0v) is 14.3. The number of carbonyl (C=O) groups excluding carboxylic acids is 1. The summed E-state index contributed by atoms with van der Waals surface area (Å²) in [5, 5.41) is 3.54. The minimum Gasteiger partial charge on any atom is -0.493 e. The van der Waals surface area contributed by atoms with Crippen LogP contribution in [0.5, 0.6) is 5.75 Å². The summed E-state index contributed by atoms with van der Waals surface area (Å²) in [4.78, 5) is 12.6. The van der Waals surface area contributed by atoms with Crippen molar-refractivity contribution in [1.29, 1.82) is 0 Å². The van der Waals surface area contributed by atoms with E-state index < -0.39 is 0 Å². The van der Waals surface area contributed by atoms with Crippen LogP contribution in [0.4, 0.5) is 5.69 Å². The molecule has 2 rings (SSSR count). The Morgan fingerprint density at radius 3 is 2.70 bits per heavy atom. The van der Waals surface area contributed by atoms with Crippen molar-refractivity contribution in [2.75, 3.05) is 11.9 Å². The van der Waals surface area contributed by atoms with E-state index >= 15 is 0 Å². The van der Waals surface area contributed by atoms with Crippen LogP contribution in [-0.2, 0) is 0 Å². The molecular weight excluding hydrogens is 310 g/mol. The van der Waals surface area contributed by atoms with Crippen LogP contribution < -0.4 is 10.1 Å². The zero-order valence-electron chi connectivity index (χ0n) is 13.6. The molecule has 0 atom stereocenters. The molecule has 0 fully saturated rings. The predicted molar refractivity (Wildman–Crippen MR) is 95.6 cm³/mol. The molecule has 23 heavy (non-hydrogen) atoms. The molecule has 122 valence electrons. The van der Waals surface area contributed by atoms with Crippen molar-refractivity contribution in [3.8, 4) is 5.75 Å². The fraction of sp³-hybridized carbons (Fsp3) is 0.316. The quantitative estimate of drug-likeness (QED) is 0.683. The predicted octanol–water partition coefficient (Wildman–Crippen LogP) is 5.47. The molecule has 1 amide bonds. The third kappa shape index (κ3) is 4.73. The van der Waals surface area contributed by atoms with Gasteiger partial charge in [-0.1, -0.05) is 49.6 Å². The van der Waals surface area contributed by atoms with Crippen molar-refractivity contribution in [2.24, 2.45) is 0 Å². The fourth-order valence-electron chi connectivity index (χ4n) is 2.25. The third-order valence-corrected chi connectivity index (χ3v) is 4.06. The van der Waals surface area contributed by atoms with Crippen LogP contribution in [0.2, 0.25) is 5.02 Å². The van der Waals surface area contributed by atoms with E-state index in [4.69, 9.17) is 16.3 Å². The second-order valence-corrected chi connectivity index (χ2v) is 5.83. The molecular formula is C19H22ClNO2. The van der Waals surface area contributed by atoms with Gasteiger partial charge < -0.3 is 10.1 Å². The number of amides is 1. The molecule has 4 heteroatoms. The first kappa shape index (κ1) is 17.4. The standard InChI is InChI=1S/C19H22ClNO2/c1-3-4-7-13-23-18-12-6-5-9-15(18)19(22)21-17-11-8-10-16(20)14(17)2/h5-6,8-12H,3-4,7,13H2,1-2H3,(H,21,22). The molecule has 0 saturated heterocycles. The van der Waals surface area contributed by atoms with E-state index in [1.54, 1.807) is 12.1 Å². The number of carbonyl (C=O) groups is 1. The summed E-state index contributed by atoms with van der Waals surface area (Å²) < 4.78 is 5.77.